The van der Waals surface area contributed by atoms with E-state index < -0.39 is 0 Å². The SMILES string of the molecule is c1ccc(-c2ccc(-c3ccccc3N(c3ccc(-c4ccc5ccccc5c4)c(-c4ccccc4)c3)c3ccc4c5ccccc5n(-c5ccccc5)c4c3)cc2)cc1. The Hall–Kier alpha value is -7.94. The molecule has 2 heteroatoms. The summed E-state index contributed by atoms with van der Waals surface area (Å²) in [6.07, 6.45) is 0. The van der Waals surface area contributed by atoms with Crippen molar-refractivity contribution in [2.75, 3.05) is 4.90 Å². The maximum atomic E-state index is 2.45. The zero-order valence-corrected chi connectivity index (χ0v) is 33.0. The molecule has 0 bridgehead atoms. The molecule has 11 aromatic rings. The molecule has 0 aliphatic carbocycles. The molecule has 0 aliphatic rings. The van der Waals surface area contributed by atoms with E-state index >= 15 is 0 Å². The van der Waals surface area contributed by atoms with E-state index in [1.165, 1.54) is 60.4 Å². The van der Waals surface area contributed by atoms with Gasteiger partial charge in [0.05, 0.1) is 16.7 Å². The molecule has 0 unspecified atom stereocenters. The fourth-order valence-corrected chi connectivity index (χ4v) is 8.90. The quantitative estimate of drug-likeness (QED) is 0.150. The van der Waals surface area contributed by atoms with E-state index in [1.807, 2.05) is 0 Å². The van der Waals surface area contributed by atoms with Crippen molar-refractivity contribution in [1.29, 1.82) is 0 Å². The highest BCUT2D eigenvalue weighted by Gasteiger charge is 2.22. The predicted molar refractivity (Wildman–Crippen MR) is 255 cm³/mol. The van der Waals surface area contributed by atoms with E-state index in [-0.39, 0.29) is 0 Å². The van der Waals surface area contributed by atoms with Crippen molar-refractivity contribution in [3.05, 3.63) is 243 Å². The van der Waals surface area contributed by atoms with Gasteiger partial charge in [0.25, 0.3) is 0 Å². The Labute approximate surface area is 350 Å². The molecule has 2 nitrogen and oxygen atoms in total. The average molecular weight is 765 g/mol. The lowest BCUT2D eigenvalue weighted by molar-refractivity contribution is 1.18. The Bertz CT molecular complexity index is 3290. The first kappa shape index (κ1) is 35.2. The van der Waals surface area contributed by atoms with Crippen molar-refractivity contribution < 1.29 is 0 Å². The van der Waals surface area contributed by atoms with Crippen LogP contribution in [-0.2, 0) is 0 Å². The zero-order chi connectivity index (χ0) is 39.8. The standard InChI is InChI=1S/C58H40N2/c1-4-16-41(17-5-1)43-28-31-45(32-29-43)52-24-12-14-26-56(52)59(50-35-37-54-53-25-13-15-27-57(53)60(58(54)40-50)48-22-8-3-9-23-48)49-34-36-51(55(39-49)44-19-6-2-7-20-44)47-33-30-42-18-10-11-21-46(42)38-47/h1-40H. The molecule has 11 rings (SSSR count). The van der Waals surface area contributed by atoms with Gasteiger partial charge in [0.1, 0.15) is 0 Å². The van der Waals surface area contributed by atoms with Crippen LogP contribution in [-0.4, -0.2) is 4.57 Å². The van der Waals surface area contributed by atoms with Crippen LogP contribution in [0.3, 0.4) is 0 Å². The third kappa shape index (κ3) is 6.32. The Morgan fingerprint density at radius 1 is 0.283 bits per heavy atom. The number of rotatable bonds is 8. The number of benzene rings is 10. The monoisotopic (exact) mass is 764 g/mol. The third-order valence-corrected chi connectivity index (χ3v) is 11.8. The van der Waals surface area contributed by atoms with Crippen LogP contribution in [0, 0.1) is 0 Å². The van der Waals surface area contributed by atoms with Crippen molar-refractivity contribution in [3.8, 4) is 50.2 Å². The summed E-state index contributed by atoms with van der Waals surface area (Å²) in [5, 5.41) is 4.93. The van der Waals surface area contributed by atoms with E-state index in [0.29, 0.717) is 0 Å². The van der Waals surface area contributed by atoms with Crippen LogP contribution in [0.1, 0.15) is 0 Å². The number of hydrogen-bond donors (Lipinski definition) is 0. The molecule has 0 saturated heterocycles. The highest BCUT2D eigenvalue weighted by Crippen LogP contribution is 2.46. The predicted octanol–water partition coefficient (Wildman–Crippen LogP) is 16.1. The number of aromatic nitrogens is 1. The Kier molecular flexibility index (Phi) is 8.87. The largest absolute Gasteiger partial charge is 0.310 e. The van der Waals surface area contributed by atoms with Crippen LogP contribution >= 0.6 is 0 Å². The Morgan fingerprint density at radius 3 is 1.63 bits per heavy atom. The molecule has 1 aromatic heterocycles. The van der Waals surface area contributed by atoms with Gasteiger partial charge in [-0.25, -0.2) is 0 Å². The molecule has 0 saturated carbocycles. The van der Waals surface area contributed by atoms with Crippen LogP contribution in [0.15, 0.2) is 243 Å². The lowest BCUT2D eigenvalue weighted by atomic mass is 9.92. The second-order valence-corrected chi connectivity index (χ2v) is 15.3. The first-order chi connectivity index (χ1) is 29.8. The second kappa shape index (κ2) is 15.1. The molecule has 1 heterocycles. The summed E-state index contributed by atoms with van der Waals surface area (Å²) in [6, 6.07) is 88.0. The van der Waals surface area contributed by atoms with Crippen LogP contribution < -0.4 is 4.90 Å². The van der Waals surface area contributed by atoms with E-state index in [0.717, 1.165) is 39.4 Å². The molecule has 0 spiro atoms. The van der Waals surface area contributed by atoms with Crippen LogP contribution in [0.4, 0.5) is 17.1 Å². The minimum Gasteiger partial charge on any atom is -0.310 e. The van der Waals surface area contributed by atoms with E-state index in [4.69, 9.17) is 0 Å². The summed E-state index contributed by atoms with van der Waals surface area (Å²) in [5.41, 5.74) is 16.2. The van der Waals surface area contributed by atoms with Crippen LogP contribution in [0.5, 0.6) is 0 Å². The zero-order valence-electron chi connectivity index (χ0n) is 33.0. The van der Waals surface area contributed by atoms with Gasteiger partial charge in [-0.1, -0.05) is 188 Å². The maximum Gasteiger partial charge on any atom is 0.0561 e. The average Bonchev–Trinajstić information content (AvgIpc) is 3.66. The van der Waals surface area contributed by atoms with E-state index in [9.17, 15) is 0 Å². The fourth-order valence-electron chi connectivity index (χ4n) is 8.90. The summed E-state index contributed by atoms with van der Waals surface area (Å²) < 4.78 is 2.40. The number of nitrogens with zero attached hydrogens (tertiary/aromatic N) is 2. The number of hydrogen-bond acceptors (Lipinski definition) is 1. The van der Waals surface area contributed by atoms with Gasteiger partial charge in [0, 0.05) is 33.4 Å². The number of anilines is 3. The molecule has 0 N–H and O–H groups in total. The second-order valence-electron chi connectivity index (χ2n) is 15.3. The van der Waals surface area contributed by atoms with Gasteiger partial charge >= 0.3 is 0 Å². The molecular weight excluding hydrogens is 725 g/mol. The van der Waals surface area contributed by atoms with Gasteiger partial charge in [-0.15, -0.1) is 0 Å². The van der Waals surface area contributed by atoms with Gasteiger partial charge in [0.15, 0.2) is 0 Å². The molecule has 60 heavy (non-hydrogen) atoms. The van der Waals surface area contributed by atoms with Gasteiger partial charge in [-0.05, 0) is 104 Å². The summed E-state index contributed by atoms with van der Waals surface area (Å²) in [7, 11) is 0. The van der Waals surface area contributed by atoms with Crippen LogP contribution in [0.25, 0.3) is 82.8 Å². The molecular formula is C58H40N2. The number of para-hydroxylation sites is 3. The molecule has 10 aromatic carbocycles. The highest BCUT2D eigenvalue weighted by molar-refractivity contribution is 6.10. The van der Waals surface area contributed by atoms with Crippen molar-refractivity contribution in [1.82, 2.24) is 4.57 Å². The highest BCUT2D eigenvalue weighted by atomic mass is 15.1. The van der Waals surface area contributed by atoms with Gasteiger partial charge in [0.2, 0.25) is 0 Å². The van der Waals surface area contributed by atoms with E-state index in [2.05, 4.69) is 252 Å². The lowest BCUT2D eigenvalue weighted by Gasteiger charge is -2.29. The summed E-state index contributed by atoms with van der Waals surface area (Å²) >= 11 is 0. The van der Waals surface area contributed by atoms with Crippen molar-refractivity contribution in [2.45, 2.75) is 0 Å². The minimum atomic E-state index is 1.08. The molecule has 0 atom stereocenters. The fraction of sp³-hybridized carbons (Fsp3) is 0. The normalized spacial score (nSPS) is 11.3. The first-order valence-electron chi connectivity index (χ1n) is 20.6. The van der Waals surface area contributed by atoms with Crippen molar-refractivity contribution >= 4 is 49.6 Å². The smallest absolute Gasteiger partial charge is 0.0561 e. The molecule has 0 aliphatic heterocycles. The third-order valence-electron chi connectivity index (χ3n) is 11.8. The number of fused-ring (bicyclic) bond motifs is 4. The molecule has 282 valence electrons. The Morgan fingerprint density at radius 2 is 0.833 bits per heavy atom. The lowest BCUT2D eigenvalue weighted by Crippen LogP contribution is -2.12. The van der Waals surface area contributed by atoms with Gasteiger partial charge in [-0.3, -0.25) is 0 Å². The summed E-state index contributed by atoms with van der Waals surface area (Å²) in [6.45, 7) is 0. The summed E-state index contributed by atoms with van der Waals surface area (Å²) in [5.74, 6) is 0. The molecule has 0 fully saturated rings. The molecule has 0 amide bonds. The topological polar surface area (TPSA) is 8.17 Å². The van der Waals surface area contributed by atoms with Crippen molar-refractivity contribution in [3.63, 3.8) is 0 Å². The van der Waals surface area contributed by atoms with Crippen molar-refractivity contribution in [2.24, 2.45) is 0 Å². The van der Waals surface area contributed by atoms with Gasteiger partial charge < -0.3 is 9.47 Å². The van der Waals surface area contributed by atoms with E-state index in [1.54, 1.807) is 0 Å². The first-order valence-corrected chi connectivity index (χ1v) is 20.6. The van der Waals surface area contributed by atoms with Crippen LogP contribution in [0.2, 0.25) is 0 Å². The minimum absolute atomic E-state index is 1.08. The Balaban J connectivity index is 1.15. The maximum absolute atomic E-state index is 2.45. The summed E-state index contributed by atoms with van der Waals surface area (Å²) in [4.78, 5) is 2.45. The molecule has 0 radical (unpaired) electrons. The van der Waals surface area contributed by atoms with Gasteiger partial charge in [-0.2, -0.15) is 0 Å².